The molecular formula is C14H22F2N2O. The monoisotopic (exact) mass is 272 g/mol. The second kappa shape index (κ2) is 6.82. The lowest BCUT2D eigenvalue weighted by Crippen LogP contribution is -2.46. The van der Waals surface area contributed by atoms with Crippen molar-refractivity contribution in [3.05, 3.63) is 29.8 Å². The van der Waals surface area contributed by atoms with Crippen LogP contribution in [0.4, 0.5) is 8.78 Å². The molecule has 0 radical (unpaired) electrons. The molecule has 0 saturated carbocycles. The molecule has 19 heavy (non-hydrogen) atoms. The van der Waals surface area contributed by atoms with Gasteiger partial charge in [0.1, 0.15) is 5.75 Å². The highest BCUT2D eigenvalue weighted by molar-refractivity contribution is 5.33. The van der Waals surface area contributed by atoms with E-state index >= 15 is 0 Å². The highest BCUT2D eigenvalue weighted by Crippen LogP contribution is 2.20. The molecule has 0 amide bonds. The molecule has 0 fully saturated rings. The summed E-state index contributed by atoms with van der Waals surface area (Å²) in [4.78, 5) is 2.11. The SMILES string of the molecule is CN(C)C(C)(C)CNCc1ccccc1OC(F)F. The molecule has 1 rings (SSSR count). The number of halogens is 2. The Morgan fingerprint density at radius 2 is 1.89 bits per heavy atom. The predicted octanol–water partition coefficient (Wildman–Crippen LogP) is 2.72. The summed E-state index contributed by atoms with van der Waals surface area (Å²) in [6.45, 7) is 2.69. The molecule has 0 bridgehead atoms. The zero-order chi connectivity index (χ0) is 14.5. The van der Waals surface area contributed by atoms with E-state index < -0.39 is 6.61 Å². The van der Waals surface area contributed by atoms with Crippen molar-refractivity contribution in [3.8, 4) is 5.75 Å². The maximum Gasteiger partial charge on any atom is 0.387 e. The van der Waals surface area contributed by atoms with Gasteiger partial charge in [0, 0.05) is 24.2 Å². The predicted molar refractivity (Wildman–Crippen MR) is 72.5 cm³/mol. The molecule has 0 spiro atoms. The fraction of sp³-hybridized carbons (Fsp3) is 0.571. The van der Waals surface area contributed by atoms with Crippen molar-refractivity contribution in [2.45, 2.75) is 32.5 Å². The van der Waals surface area contributed by atoms with Crippen LogP contribution in [0, 0.1) is 0 Å². The smallest absolute Gasteiger partial charge is 0.387 e. The van der Waals surface area contributed by atoms with Crippen molar-refractivity contribution in [1.29, 1.82) is 0 Å². The lowest BCUT2D eigenvalue weighted by molar-refractivity contribution is -0.0505. The fourth-order valence-electron chi connectivity index (χ4n) is 1.52. The lowest BCUT2D eigenvalue weighted by Gasteiger charge is -2.32. The van der Waals surface area contributed by atoms with E-state index in [0.29, 0.717) is 6.54 Å². The van der Waals surface area contributed by atoms with Crippen LogP contribution in [0.25, 0.3) is 0 Å². The van der Waals surface area contributed by atoms with Crippen LogP contribution in [-0.2, 0) is 6.54 Å². The van der Waals surface area contributed by atoms with Crippen LogP contribution in [0.1, 0.15) is 19.4 Å². The van der Waals surface area contributed by atoms with E-state index in [1.807, 2.05) is 20.2 Å². The topological polar surface area (TPSA) is 24.5 Å². The molecule has 108 valence electrons. The molecule has 0 aliphatic heterocycles. The third kappa shape index (κ3) is 5.12. The molecule has 0 saturated heterocycles. The quantitative estimate of drug-likeness (QED) is 0.826. The van der Waals surface area contributed by atoms with Crippen LogP contribution in [0.3, 0.4) is 0 Å². The molecule has 0 heterocycles. The van der Waals surface area contributed by atoms with Crippen LogP contribution in [0.5, 0.6) is 5.75 Å². The van der Waals surface area contributed by atoms with E-state index in [9.17, 15) is 8.78 Å². The first-order valence-electron chi connectivity index (χ1n) is 6.24. The van der Waals surface area contributed by atoms with Gasteiger partial charge >= 0.3 is 6.61 Å². The number of alkyl halides is 2. The van der Waals surface area contributed by atoms with Gasteiger partial charge in [-0.2, -0.15) is 8.78 Å². The normalized spacial score (nSPS) is 12.2. The number of nitrogens with one attached hydrogen (secondary N) is 1. The first kappa shape index (κ1) is 15.9. The molecule has 0 atom stereocenters. The highest BCUT2D eigenvalue weighted by Gasteiger charge is 2.19. The molecule has 1 aromatic carbocycles. The summed E-state index contributed by atoms with van der Waals surface area (Å²) < 4.78 is 29.0. The zero-order valence-electron chi connectivity index (χ0n) is 11.9. The molecule has 1 N–H and O–H groups in total. The first-order valence-corrected chi connectivity index (χ1v) is 6.24. The van der Waals surface area contributed by atoms with Gasteiger partial charge in [0.25, 0.3) is 0 Å². The Bertz CT molecular complexity index is 395. The van der Waals surface area contributed by atoms with Crippen molar-refractivity contribution in [2.24, 2.45) is 0 Å². The van der Waals surface area contributed by atoms with Gasteiger partial charge in [-0.25, -0.2) is 0 Å². The Balaban J connectivity index is 2.58. The molecule has 0 aromatic heterocycles. The minimum absolute atomic E-state index is 0.00147. The molecule has 0 aliphatic rings. The summed E-state index contributed by atoms with van der Waals surface area (Å²) >= 11 is 0. The number of para-hydroxylation sites is 1. The van der Waals surface area contributed by atoms with Gasteiger partial charge in [-0.1, -0.05) is 18.2 Å². The Hall–Kier alpha value is -1.20. The van der Waals surface area contributed by atoms with Crippen molar-refractivity contribution < 1.29 is 13.5 Å². The lowest BCUT2D eigenvalue weighted by atomic mass is 10.0. The zero-order valence-corrected chi connectivity index (χ0v) is 11.9. The third-order valence-corrected chi connectivity index (χ3v) is 3.27. The summed E-state index contributed by atoms with van der Waals surface area (Å²) in [5.74, 6) is 0.229. The Labute approximate surface area is 113 Å². The number of hydrogen-bond donors (Lipinski definition) is 1. The molecular weight excluding hydrogens is 250 g/mol. The number of hydrogen-bond acceptors (Lipinski definition) is 3. The van der Waals surface area contributed by atoms with Crippen LogP contribution >= 0.6 is 0 Å². The van der Waals surface area contributed by atoms with Crippen LogP contribution in [-0.4, -0.2) is 37.7 Å². The second-order valence-electron chi connectivity index (χ2n) is 5.30. The highest BCUT2D eigenvalue weighted by atomic mass is 19.3. The standard InChI is InChI=1S/C14H22F2N2O/c1-14(2,18(3)4)10-17-9-11-7-5-6-8-12(11)19-13(15)16/h5-8,13,17H,9-10H2,1-4H3. The first-order chi connectivity index (χ1) is 8.83. The number of nitrogens with zero attached hydrogens (tertiary/aromatic N) is 1. The van der Waals surface area contributed by atoms with Gasteiger partial charge in [0.2, 0.25) is 0 Å². The molecule has 0 aliphatic carbocycles. The summed E-state index contributed by atoms with van der Waals surface area (Å²) in [5, 5.41) is 3.27. The van der Waals surface area contributed by atoms with Crippen LogP contribution < -0.4 is 10.1 Å². The number of rotatable bonds is 7. The Morgan fingerprint density at radius 3 is 2.47 bits per heavy atom. The van der Waals surface area contributed by atoms with E-state index in [1.54, 1.807) is 18.2 Å². The van der Waals surface area contributed by atoms with Crippen molar-refractivity contribution in [3.63, 3.8) is 0 Å². The number of ether oxygens (including phenoxy) is 1. The van der Waals surface area contributed by atoms with Gasteiger partial charge in [-0.15, -0.1) is 0 Å². The average Bonchev–Trinajstić information content (AvgIpc) is 2.30. The van der Waals surface area contributed by atoms with Gasteiger partial charge in [-0.05, 0) is 34.0 Å². The van der Waals surface area contributed by atoms with Crippen molar-refractivity contribution in [1.82, 2.24) is 10.2 Å². The van der Waals surface area contributed by atoms with E-state index in [4.69, 9.17) is 0 Å². The average molecular weight is 272 g/mol. The third-order valence-electron chi connectivity index (χ3n) is 3.27. The summed E-state index contributed by atoms with van der Waals surface area (Å²) in [6, 6.07) is 6.84. The fourth-order valence-corrected chi connectivity index (χ4v) is 1.52. The number of benzene rings is 1. The van der Waals surface area contributed by atoms with E-state index in [0.717, 1.165) is 12.1 Å². The maximum atomic E-state index is 12.3. The van der Waals surface area contributed by atoms with Crippen molar-refractivity contribution in [2.75, 3.05) is 20.6 Å². The minimum Gasteiger partial charge on any atom is -0.434 e. The van der Waals surface area contributed by atoms with Gasteiger partial charge in [-0.3, -0.25) is 0 Å². The minimum atomic E-state index is -2.79. The number of likely N-dealkylation sites (N-methyl/N-ethyl adjacent to an activating group) is 1. The summed E-state index contributed by atoms with van der Waals surface area (Å²) in [6.07, 6.45) is 0. The van der Waals surface area contributed by atoms with Crippen LogP contribution in [0.2, 0.25) is 0 Å². The molecule has 0 unspecified atom stereocenters. The maximum absolute atomic E-state index is 12.3. The summed E-state index contributed by atoms with van der Waals surface area (Å²) in [7, 11) is 4.02. The Morgan fingerprint density at radius 1 is 1.26 bits per heavy atom. The van der Waals surface area contributed by atoms with Gasteiger partial charge in [0.15, 0.2) is 0 Å². The molecule has 1 aromatic rings. The molecule has 3 nitrogen and oxygen atoms in total. The summed E-state index contributed by atoms with van der Waals surface area (Å²) in [5.41, 5.74) is 0.732. The van der Waals surface area contributed by atoms with Gasteiger partial charge < -0.3 is 15.0 Å². The van der Waals surface area contributed by atoms with Gasteiger partial charge in [0.05, 0.1) is 0 Å². The second-order valence-corrected chi connectivity index (χ2v) is 5.30. The van der Waals surface area contributed by atoms with Crippen molar-refractivity contribution >= 4 is 0 Å². The van der Waals surface area contributed by atoms with Crippen LogP contribution in [0.15, 0.2) is 24.3 Å². The van der Waals surface area contributed by atoms with E-state index in [-0.39, 0.29) is 11.3 Å². The van der Waals surface area contributed by atoms with E-state index in [2.05, 4.69) is 28.8 Å². The Kier molecular flexibility index (Phi) is 5.69. The largest absolute Gasteiger partial charge is 0.434 e. The van der Waals surface area contributed by atoms with E-state index in [1.165, 1.54) is 0 Å². The molecule has 5 heteroatoms.